The van der Waals surface area contributed by atoms with Crippen LogP contribution in [0.3, 0.4) is 0 Å². The van der Waals surface area contributed by atoms with Crippen LogP contribution < -0.4 is 20.7 Å². The summed E-state index contributed by atoms with van der Waals surface area (Å²) in [5, 5.41) is 9.37. The molecule has 304 valence electrons. The van der Waals surface area contributed by atoms with Gasteiger partial charge in [-0.3, -0.25) is 14.3 Å². The summed E-state index contributed by atoms with van der Waals surface area (Å²) >= 11 is 0. The van der Waals surface area contributed by atoms with Crippen molar-refractivity contribution in [2.75, 3.05) is 27.4 Å². The van der Waals surface area contributed by atoms with E-state index in [9.17, 15) is 14.9 Å². The van der Waals surface area contributed by atoms with Gasteiger partial charge in [-0.25, -0.2) is 9.46 Å². The Morgan fingerprint density at radius 1 is 0.845 bits per heavy atom. The Morgan fingerprint density at radius 3 is 1.93 bits per heavy atom. The molecule has 0 aliphatic carbocycles. The average molecular weight is 807 g/mol. The normalized spacial score (nSPS) is 17.4. The second-order valence-corrected chi connectivity index (χ2v) is 15.9. The summed E-state index contributed by atoms with van der Waals surface area (Å²) in [5.41, 5.74) is 1.28. The third kappa shape index (κ3) is 9.43. The Balaban J connectivity index is 1.45. The highest BCUT2D eigenvalue weighted by Gasteiger charge is 2.45. The van der Waals surface area contributed by atoms with E-state index in [1.807, 2.05) is 109 Å². The first-order valence-electron chi connectivity index (χ1n) is 19.4. The molecule has 2 heterocycles. The maximum absolute atomic E-state index is 13.6. The van der Waals surface area contributed by atoms with Crippen LogP contribution in [0.5, 0.6) is 11.5 Å². The van der Waals surface area contributed by atoms with Crippen molar-refractivity contribution < 1.29 is 28.0 Å². The van der Waals surface area contributed by atoms with E-state index in [2.05, 4.69) is 43.4 Å². The molecule has 1 N–H and O–H groups in total. The summed E-state index contributed by atoms with van der Waals surface area (Å²) in [6.07, 6.45) is -0.221. The van der Waals surface area contributed by atoms with Gasteiger partial charge in [0, 0.05) is 24.7 Å². The van der Waals surface area contributed by atoms with Crippen molar-refractivity contribution in [2.45, 2.75) is 76.7 Å². The lowest BCUT2D eigenvalue weighted by molar-refractivity contribution is -0.0925. The van der Waals surface area contributed by atoms with Crippen LogP contribution in [0.2, 0.25) is 0 Å². The van der Waals surface area contributed by atoms with Gasteiger partial charge >= 0.3 is 5.69 Å². The molecular weight excluding hydrogens is 755 g/mol. The van der Waals surface area contributed by atoms with Gasteiger partial charge in [0.05, 0.1) is 51.6 Å². The van der Waals surface area contributed by atoms with Gasteiger partial charge in [0.25, 0.3) is 14.1 Å². The fourth-order valence-corrected chi connectivity index (χ4v) is 9.10. The zero-order valence-electron chi connectivity index (χ0n) is 33.7. The van der Waals surface area contributed by atoms with E-state index < -0.39 is 43.8 Å². The van der Waals surface area contributed by atoms with E-state index in [-0.39, 0.29) is 38.1 Å². The molecule has 5 aromatic rings. The van der Waals surface area contributed by atoms with E-state index in [0.29, 0.717) is 22.6 Å². The van der Waals surface area contributed by atoms with E-state index >= 15 is 0 Å². The number of methoxy groups -OCH3 is 2. The highest BCUT2D eigenvalue weighted by molar-refractivity contribution is 7.44. The lowest BCUT2D eigenvalue weighted by atomic mass is 9.80. The quantitative estimate of drug-likeness (QED) is 0.0525. The van der Waals surface area contributed by atoms with Crippen LogP contribution >= 0.6 is 8.53 Å². The maximum Gasteiger partial charge on any atom is 0.330 e. The molecule has 1 fully saturated rings. The zero-order chi connectivity index (χ0) is 41.2. The Labute approximate surface area is 340 Å². The third-order valence-electron chi connectivity index (χ3n) is 10.1. The number of hydrogen-bond donors (Lipinski definition) is 1. The van der Waals surface area contributed by atoms with Crippen LogP contribution in [0, 0.1) is 11.3 Å². The Morgan fingerprint density at radius 2 is 1.40 bits per heavy atom. The van der Waals surface area contributed by atoms with Crippen molar-refractivity contribution in [3.63, 3.8) is 0 Å². The van der Waals surface area contributed by atoms with E-state index in [1.165, 1.54) is 4.57 Å². The molecule has 58 heavy (non-hydrogen) atoms. The molecule has 1 aromatic heterocycles. The predicted molar refractivity (Wildman–Crippen MR) is 224 cm³/mol. The lowest BCUT2D eigenvalue weighted by Crippen LogP contribution is -2.39. The summed E-state index contributed by atoms with van der Waals surface area (Å²) < 4.78 is 42.0. The molecule has 0 bridgehead atoms. The number of nitriles is 1. The highest BCUT2D eigenvalue weighted by atomic mass is 31.2. The van der Waals surface area contributed by atoms with E-state index in [0.717, 1.165) is 16.7 Å². The van der Waals surface area contributed by atoms with Crippen molar-refractivity contribution in [1.29, 1.82) is 5.26 Å². The fraction of sp³-hybridized carbons (Fsp3) is 0.356. The van der Waals surface area contributed by atoms with Crippen LogP contribution in [-0.2, 0) is 24.1 Å². The Bertz CT molecular complexity index is 2170. The summed E-state index contributed by atoms with van der Waals surface area (Å²) in [4.78, 5) is 29.1. The number of ether oxygens (including phenoxy) is 4. The van der Waals surface area contributed by atoms with Crippen LogP contribution in [0.1, 0.15) is 63.5 Å². The van der Waals surface area contributed by atoms with Crippen LogP contribution in [0.15, 0.2) is 125 Å². The van der Waals surface area contributed by atoms with Crippen LogP contribution in [-0.4, -0.2) is 65.9 Å². The number of aromatic amines is 1. The van der Waals surface area contributed by atoms with Crippen molar-refractivity contribution in [1.82, 2.24) is 14.2 Å². The highest BCUT2D eigenvalue weighted by Crippen LogP contribution is 2.50. The zero-order valence-corrected chi connectivity index (χ0v) is 34.6. The summed E-state index contributed by atoms with van der Waals surface area (Å²) in [6, 6.07) is 36.9. The first-order valence-corrected chi connectivity index (χ1v) is 20.5. The molecule has 13 heteroatoms. The number of nitrogens with zero attached hydrogens (tertiary/aromatic N) is 3. The molecule has 12 nitrogen and oxygen atoms in total. The van der Waals surface area contributed by atoms with E-state index in [4.69, 9.17) is 28.0 Å². The molecule has 0 spiro atoms. The van der Waals surface area contributed by atoms with Gasteiger partial charge in [-0.1, -0.05) is 84.9 Å². The smallest absolute Gasteiger partial charge is 0.330 e. The largest absolute Gasteiger partial charge is 0.497 e. The first kappa shape index (κ1) is 42.5. The number of H-pyrrole nitrogens is 1. The molecule has 4 aromatic carbocycles. The molecular formula is C45H51N4O8P. The van der Waals surface area contributed by atoms with Gasteiger partial charge in [-0.2, -0.15) is 5.26 Å². The second kappa shape index (κ2) is 19.6. The van der Waals surface area contributed by atoms with Crippen molar-refractivity contribution in [2.24, 2.45) is 0 Å². The molecule has 1 unspecified atom stereocenters. The Kier molecular flexibility index (Phi) is 14.3. The minimum absolute atomic E-state index is 0.0164. The molecule has 4 atom stereocenters. The first-order chi connectivity index (χ1) is 28.1. The van der Waals surface area contributed by atoms with Crippen LogP contribution in [0.25, 0.3) is 11.1 Å². The molecule has 0 radical (unpaired) electrons. The topological polar surface area (TPSA) is 137 Å². The van der Waals surface area contributed by atoms with Gasteiger partial charge in [0.2, 0.25) is 0 Å². The van der Waals surface area contributed by atoms with Gasteiger partial charge in [0.1, 0.15) is 29.4 Å². The van der Waals surface area contributed by atoms with Gasteiger partial charge < -0.3 is 28.0 Å². The number of hydrogen-bond acceptors (Lipinski definition) is 10. The average Bonchev–Trinajstić information content (AvgIpc) is 3.63. The van der Waals surface area contributed by atoms with Gasteiger partial charge in [-0.15, -0.1) is 0 Å². The van der Waals surface area contributed by atoms with Crippen molar-refractivity contribution in [3.8, 4) is 28.7 Å². The SMILES string of the molecule is COc1ccc(C(OC[C@H]2O[C@@H](n3cc(-c4ccccc4)c(=O)[nH]c3=O)C[C@H]2OP(OCCC#N)N(C(C)C)C(C)C)(c2ccccc2)c2ccc(OC)cc2)cc1. The minimum atomic E-state index is -1.70. The van der Waals surface area contributed by atoms with Crippen LogP contribution in [0.4, 0.5) is 0 Å². The number of aromatic nitrogens is 2. The lowest BCUT2D eigenvalue weighted by Gasteiger charge is -2.39. The number of benzene rings is 4. The van der Waals surface area contributed by atoms with E-state index in [1.54, 1.807) is 20.4 Å². The fourth-order valence-electron chi connectivity index (χ4n) is 7.35. The second-order valence-electron chi connectivity index (χ2n) is 14.4. The summed E-state index contributed by atoms with van der Waals surface area (Å²) in [6.45, 7) is 8.49. The molecule has 1 aliphatic rings. The molecule has 0 saturated carbocycles. The molecule has 0 amide bonds. The summed E-state index contributed by atoms with van der Waals surface area (Å²) in [7, 11) is 1.55. The molecule has 1 aliphatic heterocycles. The van der Waals surface area contributed by atoms with Gasteiger partial charge in [-0.05, 0) is 74.2 Å². The van der Waals surface area contributed by atoms with Crippen molar-refractivity contribution in [3.05, 3.63) is 153 Å². The monoisotopic (exact) mass is 806 g/mol. The predicted octanol–water partition coefficient (Wildman–Crippen LogP) is 8.18. The molecule has 6 rings (SSSR count). The Hall–Kier alpha value is -5.12. The number of rotatable bonds is 18. The van der Waals surface area contributed by atoms with Crippen molar-refractivity contribution >= 4 is 8.53 Å². The maximum atomic E-state index is 13.6. The third-order valence-corrected chi connectivity index (χ3v) is 12.2. The minimum Gasteiger partial charge on any atom is -0.497 e. The standard InChI is InChI=1S/C45H51N4O8P/c1-31(2)49(32(3)4)58(55-27-13-26-46)57-40-28-42(48-29-39(43(50)47-44(48)51)33-14-9-7-10-15-33)56-41(40)30-54-45(34-16-11-8-12-17-34,35-18-22-37(52-5)23-19-35)36-20-24-38(53-6)25-21-36/h7-12,14-25,29,31-32,40-42H,13,27-28,30H2,1-6H3,(H,47,50,51)/t40-,41-,42-,58?/m1/s1. The van der Waals surface area contributed by atoms with Gasteiger partial charge in [0.15, 0.2) is 0 Å². The summed E-state index contributed by atoms with van der Waals surface area (Å²) in [5.74, 6) is 1.39. The molecule has 1 saturated heterocycles. The number of nitrogens with one attached hydrogen (secondary N) is 1.